The van der Waals surface area contributed by atoms with E-state index in [0.29, 0.717) is 12.5 Å². The van der Waals surface area contributed by atoms with Gasteiger partial charge < -0.3 is 10.5 Å². The molecule has 3 nitrogen and oxygen atoms in total. The summed E-state index contributed by atoms with van der Waals surface area (Å²) in [6.45, 7) is 2.69. The van der Waals surface area contributed by atoms with Crippen LogP contribution in [-0.2, 0) is 12.8 Å². The van der Waals surface area contributed by atoms with Gasteiger partial charge in [0.05, 0.1) is 12.1 Å². The van der Waals surface area contributed by atoms with Gasteiger partial charge in [-0.3, -0.25) is 0 Å². The van der Waals surface area contributed by atoms with E-state index >= 15 is 0 Å². The second kappa shape index (κ2) is 6.68. The van der Waals surface area contributed by atoms with Crippen LogP contribution in [0.5, 0.6) is 5.75 Å². The normalized spacial score (nSPS) is 12.4. The molecule has 1 unspecified atom stereocenters. The summed E-state index contributed by atoms with van der Waals surface area (Å²) in [5.41, 5.74) is 8.21. The van der Waals surface area contributed by atoms with Crippen molar-refractivity contribution in [3.63, 3.8) is 0 Å². The molecule has 0 amide bonds. The molecule has 1 aromatic carbocycles. The van der Waals surface area contributed by atoms with Crippen LogP contribution in [0.4, 0.5) is 0 Å². The standard InChI is InChI=1S/C15H20N2OS/c1-11-10-19-15(17-11)8-12(9-16)7-13-5-3-4-6-14(13)18-2/h3-6,10,12H,7-9,16H2,1-2H3. The second-order valence-electron chi connectivity index (χ2n) is 4.70. The molecule has 0 fully saturated rings. The number of thiazole rings is 1. The fourth-order valence-corrected chi connectivity index (χ4v) is 3.05. The molecule has 0 aliphatic rings. The van der Waals surface area contributed by atoms with E-state index in [1.165, 1.54) is 10.6 Å². The number of nitrogens with two attached hydrogens (primary N) is 1. The molecule has 0 radical (unpaired) electrons. The summed E-state index contributed by atoms with van der Waals surface area (Å²) in [7, 11) is 1.71. The van der Waals surface area contributed by atoms with Gasteiger partial charge >= 0.3 is 0 Å². The maximum atomic E-state index is 5.90. The van der Waals surface area contributed by atoms with Gasteiger partial charge in [0.15, 0.2) is 0 Å². The minimum atomic E-state index is 0.404. The maximum Gasteiger partial charge on any atom is 0.122 e. The number of benzene rings is 1. The van der Waals surface area contributed by atoms with Gasteiger partial charge in [-0.2, -0.15) is 0 Å². The summed E-state index contributed by atoms with van der Waals surface area (Å²) in [4.78, 5) is 4.51. The number of nitrogens with zero attached hydrogens (tertiary/aromatic N) is 1. The van der Waals surface area contributed by atoms with E-state index in [2.05, 4.69) is 16.4 Å². The first-order chi connectivity index (χ1) is 9.22. The molecule has 2 rings (SSSR count). The Balaban J connectivity index is 2.06. The summed E-state index contributed by atoms with van der Waals surface area (Å²) in [5.74, 6) is 1.35. The lowest BCUT2D eigenvalue weighted by molar-refractivity contribution is 0.404. The maximum absolute atomic E-state index is 5.90. The average Bonchev–Trinajstić information content (AvgIpc) is 2.84. The third kappa shape index (κ3) is 3.78. The SMILES string of the molecule is COc1ccccc1CC(CN)Cc1nc(C)cs1. The van der Waals surface area contributed by atoms with Gasteiger partial charge in [0, 0.05) is 17.5 Å². The summed E-state index contributed by atoms with van der Waals surface area (Å²) < 4.78 is 5.39. The molecule has 2 N–H and O–H groups in total. The first-order valence-corrected chi connectivity index (χ1v) is 7.34. The van der Waals surface area contributed by atoms with Crippen LogP contribution in [0.1, 0.15) is 16.3 Å². The molecule has 2 aromatic rings. The Kier molecular flexibility index (Phi) is 4.93. The predicted octanol–water partition coefficient (Wildman–Crippen LogP) is 2.82. The number of rotatable bonds is 6. The molecule has 0 saturated carbocycles. The first-order valence-electron chi connectivity index (χ1n) is 6.46. The van der Waals surface area contributed by atoms with Crippen LogP contribution < -0.4 is 10.5 Å². The van der Waals surface area contributed by atoms with Gasteiger partial charge in [0.2, 0.25) is 0 Å². The van der Waals surface area contributed by atoms with Gasteiger partial charge in [-0.15, -0.1) is 11.3 Å². The molecule has 0 spiro atoms. The number of aromatic nitrogens is 1. The lowest BCUT2D eigenvalue weighted by atomic mass is 9.96. The Morgan fingerprint density at radius 3 is 2.74 bits per heavy atom. The zero-order valence-corrected chi connectivity index (χ0v) is 12.2. The van der Waals surface area contributed by atoms with Crippen molar-refractivity contribution in [1.29, 1.82) is 0 Å². The number of hydrogen-bond acceptors (Lipinski definition) is 4. The number of hydrogen-bond donors (Lipinski definition) is 1. The number of aryl methyl sites for hydroxylation is 1. The minimum Gasteiger partial charge on any atom is -0.496 e. The molecule has 4 heteroatoms. The Hall–Kier alpha value is -1.39. The van der Waals surface area contributed by atoms with Crippen LogP contribution >= 0.6 is 11.3 Å². The minimum absolute atomic E-state index is 0.404. The molecule has 0 saturated heterocycles. The Labute approximate surface area is 118 Å². The van der Waals surface area contributed by atoms with E-state index in [0.717, 1.165) is 24.3 Å². The van der Waals surface area contributed by atoms with E-state index < -0.39 is 0 Å². The summed E-state index contributed by atoms with van der Waals surface area (Å²) in [6.07, 6.45) is 1.87. The lowest BCUT2D eigenvalue weighted by Crippen LogP contribution is -2.19. The monoisotopic (exact) mass is 276 g/mol. The van der Waals surface area contributed by atoms with E-state index in [1.54, 1.807) is 18.4 Å². The van der Waals surface area contributed by atoms with Crippen molar-refractivity contribution in [2.75, 3.05) is 13.7 Å². The van der Waals surface area contributed by atoms with Crippen LogP contribution in [-0.4, -0.2) is 18.6 Å². The Morgan fingerprint density at radius 1 is 1.32 bits per heavy atom. The second-order valence-corrected chi connectivity index (χ2v) is 5.65. The molecule has 1 heterocycles. The summed E-state index contributed by atoms with van der Waals surface area (Å²) >= 11 is 1.72. The van der Waals surface area contributed by atoms with E-state index in [1.807, 2.05) is 25.1 Å². The zero-order chi connectivity index (χ0) is 13.7. The molecular formula is C15H20N2OS. The molecule has 19 heavy (non-hydrogen) atoms. The highest BCUT2D eigenvalue weighted by Gasteiger charge is 2.13. The molecule has 102 valence electrons. The third-order valence-corrected chi connectivity index (χ3v) is 4.15. The quantitative estimate of drug-likeness (QED) is 0.882. The van der Waals surface area contributed by atoms with Gasteiger partial charge in [-0.05, 0) is 37.4 Å². The van der Waals surface area contributed by atoms with Crippen molar-refractivity contribution in [3.8, 4) is 5.75 Å². The fourth-order valence-electron chi connectivity index (χ4n) is 2.16. The number of methoxy groups -OCH3 is 1. The summed E-state index contributed by atoms with van der Waals surface area (Å²) in [6, 6.07) is 8.13. The van der Waals surface area contributed by atoms with Gasteiger partial charge in [0.1, 0.15) is 5.75 Å². The van der Waals surface area contributed by atoms with Crippen molar-refractivity contribution < 1.29 is 4.74 Å². The topological polar surface area (TPSA) is 48.1 Å². The third-order valence-electron chi connectivity index (χ3n) is 3.16. The smallest absolute Gasteiger partial charge is 0.122 e. The van der Waals surface area contributed by atoms with Crippen molar-refractivity contribution in [3.05, 3.63) is 45.9 Å². The van der Waals surface area contributed by atoms with Crippen LogP contribution in [0.2, 0.25) is 0 Å². The van der Waals surface area contributed by atoms with Crippen molar-refractivity contribution >= 4 is 11.3 Å². The van der Waals surface area contributed by atoms with E-state index in [4.69, 9.17) is 10.5 Å². The predicted molar refractivity (Wildman–Crippen MR) is 79.8 cm³/mol. The zero-order valence-electron chi connectivity index (χ0n) is 11.4. The van der Waals surface area contributed by atoms with E-state index in [9.17, 15) is 0 Å². The molecule has 0 aliphatic carbocycles. The van der Waals surface area contributed by atoms with Gasteiger partial charge in [0.25, 0.3) is 0 Å². The highest BCUT2D eigenvalue weighted by Crippen LogP contribution is 2.23. The number of ether oxygens (including phenoxy) is 1. The molecule has 0 aliphatic heterocycles. The lowest BCUT2D eigenvalue weighted by Gasteiger charge is -2.15. The largest absolute Gasteiger partial charge is 0.496 e. The van der Waals surface area contributed by atoms with E-state index in [-0.39, 0.29) is 0 Å². The van der Waals surface area contributed by atoms with Crippen molar-refractivity contribution in [2.45, 2.75) is 19.8 Å². The van der Waals surface area contributed by atoms with Crippen LogP contribution in [0, 0.1) is 12.8 Å². The van der Waals surface area contributed by atoms with Gasteiger partial charge in [-0.25, -0.2) is 4.98 Å². The van der Waals surface area contributed by atoms with Crippen molar-refractivity contribution in [2.24, 2.45) is 11.7 Å². The average molecular weight is 276 g/mol. The van der Waals surface area contributed by atoms with Crippen LogP contribution in [0.15, 0.2) is 29.6 Å². The Bertz CT molecular complexity index is 524. The molecule has 0 bridgehead atoms. The highest BCUT2D eigenvalue weighted by molar-refractivity contribution is 7.09. The first kappa shape index (κ1) is 14.0. The summed E-state index contributed by atoms with van der Waals surface area (Å²) in [5, 5.41) is 3.26. The molecular weight excluding hydrogens is 256 g/mol. The Morgan fingerprint density at radius 2 is 2.11 bits per heavy atom. The molecule has 1 aromatic heterocycles. The van der Waals surface area contributed by atoms with Crippen LogP contribution in [0.3, 0.4) is 0 Å². The van der Waals surface area contributed by atoms with Gasteiger partial charge in [-0.1, -0.05) is 18.2 Å². The highest BCUT2D eigenvalue weighted by atomic mass is 32.1. The number of para-hydroxylation sites is 1. The van der Waals surface area contributed by atoms with Crippen molar-refractivity contribution in [1.82, 2.24) is 4.98 Å². The van der Waals surface area contributed by atoms with Crippen LogP contribution in [0.25, 0.3) is 0 Å². The molecule has 1 atom stereocenters. The fraction of sp³-hybridized carbons (Fsp3) is 0.400.